The number of fused-ring (bicyclic) bond motifs is 3. The third kappa shape index (κ3) is 5.61. The Bertz CT molecular complexity index is 1140. The highest BCUT2D eigenvalue weighted by Gasteiger charge is 2.28. The fourth-order valence-corrected chi connectivity index (χ4v) is 4.16. The van der Waals surface area contributed by atoms with Gasteiger partial charge in [0.2, 0.25) is 5.91 Å². The number of aryl methyl sites for hydroxylation is 1. The van der Waals surface area contributed by atoms with Gasteiger partial charge in [0.1, 0.15) is 6.61 Å². The number of amides is 2. The number of carbonyl (C=O) groups is 3. The van der Waals surface area contributed by atoms with Crippen LogP contribution in [-0.2, 0) is 20.7 Å². The number of carboxylic acids is 1. The first-order valence-electron chi connectivity index (χ1n) is 11.2. The maximum atomic E-state index is 12.4. The lowest BCUT2D eigenvalue weighted by atomic mass is 9.98. The number of hydrogen-bond acceptors (Lipinski definition) is 4. The summed E-state index contributed by atoms with van der Waals surface area (Å²) in [7, 11) is 0. The van der Waals surface area contributed by atoms with Crippen LogP contribution in [0.4, 0.5) is 10.5 Å². The predicted octanol–water partition coefficient (Wildman–Crippen LogP) is 4.57. The van der Waals surface area contributed by atoms with Gasteiger partial charge in [0.05, 0.1) is 6.42 Å². The van der Waals surface area contributed by atoms with E-state index in [2.05, 4.69) is 34.9 Å². The van der Waals surface area contributed by atoms with Gasteiger partial charge in [-0.1, -0.05) is 60.7 Å². The van der Waals surface area contributed by atoms with Crippen molar-refractivity contribution < 1.29 is 24.2 Å². The fourth-order valence-electron chi connectivity index (χ4n) is 4.16. The highest BCUT2D eigenvalue weighted by Crippen LogP contribution is 2.44. The van der Waals surface area contributed by atoms with Crippen molar-refractivity contribution in [2.45, 2.75) is 25.2 Å². The van der Waals surface area contributed by atoms with Crippen LogP contribution >= 0.6 is 0 Å². The molecule has 2 amide bonds. The van der Waals surface area contributed by atoms with E-state index in [0.29, 0.717) is 12.1 Å². The van der Waals surface area contributed by atoms with E-state index in [1.165, 1.54) is 11.1 Å². The van der Waals surface area contributed by atoms with Gasteiger partial charge < -0.3 is 15.2 Å². The highest BCUT2D eigenvalue weighted by molar-refractivity contribution is 5.85. The molecule has 0 fully saturated rings. The van der Waals surface area contributed by atoms with Crippen molar-refractivity contribution in [3.8, 4) is 11.1 Å². The van der Waals surface area contributed by atoms with E-state index in [-0.39, 0.29) is 37.8 Å². The summed E-state index contributed by atoms with van der Waals surface area (Å²) in [5.41, 5.74) is 6.22. The molecule has 0 spiro atoms. The summed E-state index contributed by atoms with van der Waals surface area (Å²) < 4.78 is 5.56. The van der Waals surface area contributed by atoms with Crippen molar-refractivity contribution in [1.82, 2.24) is 5.32 Å². The summed E-state index contributed by atoms with van der Waals surface area (Å²) in [5.74, 6) is -1.14. The molecule has 0 aromatic heterocycles. The molecule has 7 nitrogen and oxygen atoms in total. The van der Waals surface area contributed by atoms with E-state index >= 15 is 0 Å². The molecule has 0 heterocycles. The Morgan fingerprint density at radius 2 is 1.44 bits per heavy atom. The minimum atomic E-state index is -0.945. The zero-order valence-electron chi connectivity index (χ0n) is 18.6. The number of carboxylic acid groups (broad SMARTS) is 1. The number of nitrogens with one attached hydrogen (secondary N) is 2. The first-order valence-corrected chi connectivity index (χ1v) is 11.2. The van der Waals surface area contributed by atoms with Gasteiger partial charge in [-0.25, -0.2) is 4.79 Å². The molecule has 174 valence electrons. The highest BCUT2D eigenvalue weighted by atomic mass is 16.5. The molecule has 4 rings (SSSR count). The maximum absolute atomic E-state index is 12.4. The van der Waals surface area contributed by atoms with E-state index < -0.39 is 12.1 Å². The Hall–Kier alpha value is -4.13. The van der Waals surface area contributed by atoms with Crippen molar-refractivity contribution in [3.05, 3.63) is 89.5 Å². The Morgan fingerprint density at radius 3 is 2.06 bits per heavy atom. The SMILES string of the molecule is O=C(O)CCNC(=O)CCc1ccc(NC(=O)OCC2c3ccccc3-c3ccccc32)cc1. The zero-order valence-corrected chi connectivity index (χ0v) is 18.6. The molecule has 0 atom stereocenters. The standard InChI is InChI=1S/C27H26N2O5/c30-25(28-16-15-26(31)32)14-11-18-9-12-19(13-10-18)29-27(33)34-17-24-22-7-3-1-5-20(22)21-6-2-4-8-23(21)24/h1-10,12-13,24H,11,14-17H2,(H,28,30)(H,29,33)(H,31,32). The summed E-state index contributed by atoms with van der Waals surface area (Å²) in [6.45, 7) is 0.367. The number of rotatable bonds is 9. The lowest BCUT2D eigenvalue weighted by Gasteiger charge is -2.14. The molecule has 3 N–H and O–H groups in total. The average molecular weight is 459 g/mol. The monoisotopic (exact) mass is 458 g/mol. The molecular formula is C27H26N2O5. The van der Waals surface area contributed by atoms with Crippen LogP contribution in [0.1, 0.15) is 35.4 Å². The molecule has 3 aromatic rings. The van der Waals surface area contributed by atoms with E-state index in [1.54, 1.807) is 12.1 Å². The second-order valence-corrected chi connectivity index (χ2v) is 8.14. The molecule has 0 bridgehead atoms. The Morgan fingerprint density at radius 1 is 0.824 bits per heavy atom. The maximum Gasteiger partial charge on any atom is 0.411 e. The number of benzene rings is 3. The minimum Gasteiger partial charge on any atom is -0.481 e. The normalized spacial score (nSPS) is 11.9. The Kier molecular flexibility index (Phi) is 7.22. The van der Waals surface area contributed by atoms with Gasteiger partial charge in [-0.2, -0.15) is 0 Å². The summed E-state index contributed by atoms with van der Waals surface area (Å²) in [5, 5.41) is 13.9. The average Bonchev–Trinajstić information content (AvgIpc) is 3.16. The van der Waals surface area contributed by atoms with Gasteiger partial charge in [0.15, 0.2) is 0 Å². The molecule has 0 radical (unpaired) electrons. The molecule has 3 aromatic carbocycles. The topological polar surface area (TPSA) is 105 Å². The smallest absolute Gasteiger partial charge is 0.411 e. The second kappa shape index (κ2) is 10.7. The van der Waals surface area contributed by atoms with Gasteiger partial charge in [0, 0.05) is 24.6 Å². The second-order valence-electron chi connectivity index (χ2n) is 8.14. The third-order valence-corrected chi connectivity index (χ3v) is 5.85. The lowest BCUT2D eigenvalue weighted by molar-refractivity contribution is -0.136. The molecule has 7 heteroatoms. The minimum absolute atomic E-state index is 0.00201. The summed E-state index contributed by atoms with van der Waals surface area (Å²) in [6, 6.07) is 23.6. The Balaban J connectivity index is 1.26. The van der Waals surface area contributed by atoms with Gasteiger partial charge in [-0.05, 0) is 46.4 Å². The fraction of sp³-hybridized carbons (Fsp3) is 0.222. The van der Waals surface area contributed by atoms with Crippen molar-refractivity contribution in [1.29, 1.82) is 0 Å². The van der Waals surface area contributed by atoms with E-state index in [9.17, 15) is 14.4 Å². The van der Waals surface area contributed by atoms with Crippen molar-refractivity contribution in [3.63, 3.8) is 0 Å². The molecule has 0 aliphatic heterocycles. The lowest BCUT2D eigenvalue weighted by Crippen LogP contribution is -2.26. The van der Waals surface area contributed by atoms with Crippen LogP contribution in [0.15, 0.2) is 72.8 Å². The number of ether oxygens (including phenoxy) is 1. The summed E-state index contributed by atoms with van der Waals surface area (Å²) in [6.07, 6.45) is 0.164. The molecule has 0 unspecified atom stereocenters. The Labute approximate surface area is 197 Å². The zero-order chi connectivity index (χ0) is 23.9. The van der Waals surface area contributed by atoms with Gasteiger partial charge >= 0.3 is 12.1 Å². The molecular weight excluding hydrogens is 432 g/mol. The van der Waals surface area contributed by atoms with Crippen molar-refractivity contribution >= 4 is 23.7 Å². The summed E-state index contributed by atoms with van der Waals surface area (Å²) in [4.78, 5) is 34.7. The van der Waals surface area contributed by atoms with Crippen LogP contribution in [0.25, 0.3) is 11.1 Å². The number of anilines is 1. The number of hydrogen-bond donors (Lipinski definition) is 3. The van der Waals surface area contributed by atoms with Crippen molar-refractivity contribution in [2.24, 2.45) is 0 Å². The van der Waals surface area contributed by atoms with Crippen molar-refractivity contribution in [2.75, 3.05) is 18.5 Å². The van der Waals surface area contributed by atoms with Crippen LogP contribution in [0, 0.1) is 0 Å². The van der Waals surface area contributed by atoms with Crippen LogP contribution in [0.2, 0.25) is 0 Å². The van der Waals surface area contributed by atoms with Crippen LogP contribution in [-0.4, -0.2) is 36.2 Å². The van der Waals surface area contributed by atoms with E-state index in [1.807, 2.05) is 36.4 Å². The molecule has 34 heavy (non-hydrogen) atoms. The quantitative estimate of drug-likeness (QED) is 0.436. The molecule has 0 saturated heterocycles. The third-order valence-electron chi connectivity index (χ3n) is 5.85. The predicted molar refractivity (Wildman–Crippen MR) is 129 cm³/mol. The number of carbonyl (C=O) groups excluding carboxylic acids is 2. The largest absolute Gasteiger partial charge is 0.481 e. The van der Waals surface area contributed by atoms with Gasteiger partial charge in [-0.3, -0.25) is 14.9 Å². The van der Waals surface area contributed by atoms with E-state index in [0.717, 1.165) is 16.7 Å². The molecule has 0 saturated carbocycles. The van der Waals surface area contributed by atoms with Crippen LogP contribution < -0.4 is 10.6 Å². The van der Waals surface area contributed by atoms with Crippen LogP contribution in [0.3, 0.4) is 0 Å². The summed E-state index contributed by atoms with van der Waals surface area (Å²) >= 11 is 0. The molecule has 1 aliphatic rings. The molecule has 1 aliphatic carbocycles. The first-order chi connectivity index (χ1) is 16.5. The van der Waals surface area contributed by atoms with Gasteiger partial charge in [-0.15, -0.1) is 0 Å². The van der Waals surface area contributed by atoms with Gasteiger partial charge in [0.25, 0.3) is 0 Å². The number of aliphatic carboxylic acids is 1. The van der Waals surface area contributed by atoms with E-state index in [4.69, 9.17) is 9.84 Å². The first kappa shape index (κ1) is 23.0. The van der Waals surface area contributed by atoms with Crippen LogP contribution in [0.5, 0.6) is 0 Å².